The predicted octanol–water partition coefficient (Wildman–Crippen LogP) is 2.82. The van der Waals surface area contributed by atoms with Gasteiger partial charge in [0, 0.05) is 5.25 Å². The van der Waals surface area contributed by atoms with Gasteiger partial charge in [-0.3, -0.25) is 9.09 Å². The van der Waals surface area contributed by atoms with E-state index in [2.05, 4.69) is 23.2 Å². The Bertz CT molecular complexity index is 265. The van der Waals surface area contributed by atoms with Crippen LogP contribution in [0.25, 0.3) is 0 Å². The first-order valence-electron chi connectivity index (χ1n) is 4.16. The molecule has 0 aliphatic carbocycles. The summed E-state index contributed by atoms with van der Waals surface area (Å²) in [5, 5.41) is 2.79. The van der Waals surface area contributed by atoms with E-state index in [1.165, 1.54) is 16.9 Å². The number of rotatable bonds is 7. The summed E-state index contributed by atoms with van der Waals surface area (Å²) in [7, 11) is 0. The third-order valence-electron chi connectivity index (χ3n) is 1.42. The Kier molecular flexibility index (Phi) is 7.30. The molecular formula is C8H14NO2PS2. The summed E-state index contributed by atoms with van der Waals surface area (Å²) in [6.45, 7) is 1.07. The lowest BCUT2D eigenvalue weighted by molar-refractivity contribution is 0.370. The fourth-order valence-corrected chi connectivity index (χ4v) is 4.96. The average Bonchev–Trinajstić information content (AvgIpc) is 2.15. The molecule has 14 heavy (non-hydrogen) atoms. The minimum absolute atomic E-state index is 0.0247. The van der Waals surface area contributed by atoms with Crippen LogP contribution in [0.1, 0.15) is 20.3 Å². The number of hydrogen-bond donors (Lipinski definition) is 1. The maximum absolute atomic E-state index is 12.0. The normalized spacial score (nSPS) is 16.4. The van der Waals surface area contributed by atoms with Crippen molar-refractivity contribution in [3.63, 3.8) is 0 Å². The molecule has 0 aliphatic rings. The highest BCUT2D eigenvalue weighted by Crippen LogP contribution is 2.57. The summed E-state index contributed by atoms with van der Waals surface area (Å²) in [5.74, 6) is 2.28. The minimum Gasteiger partial charge on any atom is -0.304 e. The van der Waals surface area contributed by atoms with Crippen LogP contribution in [0.3, 0.4) is 0 Å². The standard InChI is InChI=1S/C8H14NO2PS2/c1-4-6-11-12(10,9-7-13)14-8(3)5-2/h1,7-8H,5-6H2,2-3H3,(H,9,10,13). The Morgan fingerprint density at radius 1 is 1.86 bits per heavy atom. The quantitative estimate of drug-likeness (QED) is 0.428. The molecule has 0 spiro atoms. The van der Waals surface area contributed by atoms with Gasteiger partial charge in [0.05, 0.1) is 5.49 Å². The first-order chi connectivity index (χ1) is 6.58. The molecule has 0 aromatic rings. The number of thiocarbonyl (C=S) groups is 1. The second-order valence-electron chi connectivity index (χ2n) is 2.55. The third-order valence-corrected chi connectivity index (χ3v) is 6.14. The second kappa shape index (κ2) is 7.30. The van der Waals surface area contributed by atoms with E-state index < -0.39 is 6.72 Å². The highest BCUT2D eigenvalue weighted by Gasteiger charge is 2.24. The van der Waals surface area contributed by atoms with Crippen LogP contribution in [0.15, 0.2) is 0 Å². The lowest BCUT2D eigenvalue weighted by atomic mass is 10.4. The van der Waals surface area contributed by atoms with Crippen LogP contribution in [0.4, 0.5) is 0 Å². The minimum atomic E-state index is -2.94. The zero-order valence-electron chi connectivity index (χ0n) is 8.23. The molecule has 2 atom stereocenters. The van der Waals surface area contributed by atoms with Crippen molar-refractivity contribution in [3.05, 3.63) is 0 Å². The summed E-state index contributed by atoms with van der Waals surface area (Å²) in [5.41, 5.74) is 1.20. The van der Waals surface area contributed by atoms with Crippen LogP contribution >= 0.6 is 30.3 Å². The average molecular weight is 251 g/mol. The van der Waals surface area contributed by atoms with Gasteiger partial charge in [-0.1, -0.05) is 32.0 Å². The van der Waals surface area contributed by atoms with E-state index >= 15 is 0 Å². The molecule has 0 saturated heterocycles. The van der Waals surface area contributed by atoms with Gasteiger partial charge < -0.3 is 5.09 Å². The number of terminal acetylenes is 1. The second-order valence-corrected chi connectivity index (χ2v) is 7.38. The molecule has 3 nitrogen and oxygen atoms in total. The molecule has 0 fully saturated rings. The molecule has 6 heteroatoms. The van der Waals surface area contributed by atoms with Crippen LogP contribution in [0.2, 0.25) is 0 Å². The molecule has 1 N–H and O–H groups in total. The molecule has 0 heterocycles. The molecule has 0 saturated carbocycles. The summed E-state index contributed by atoms with van der Waals surface area (Å²) >= 11 is 5.83. The molecule has 0 aliphatic heterocycles. The molecule has 80 valence electrons. The van der Waals surface area contributed by atoms with Crippen molar-refractivity contribution in [2.24, 2.45) is 0 Å². The van der Waals surface area contributed by atoms with Gasteiger partial charge in [0.1, 0.15) is 6.61 Å². The van der Waals surface area contributed by atoms with Crippen molar-refractivity contribution < 1.29 is 9.09 Å². The zero-order chi connectivity index (χ0) is 11.0. The lowest BCUT2D eigenvalue weighted by Gasteiger charge is -2.18. The van der Waals surface area contributed by atoms with Gasteiger partial charge in [-0.15, -0.1) is 6.42 Å². The van der Waals surface area contributed by atoms with Crippen molar-refractivity contribution >= 4 is 35.8 Å². The Morgan fingerprint density at radius 2 is 2.50 bits per heavy atom. The Hall–Kier alpha value is -0.0100. The Balaban J connectivity index is 4.31. The molecule has 0 bridgehead atoms. The smallest absolute Gasteiger partial charge is 0.304 e. The van der Waals surface area contributed by atoms with Gasteiger partial charge in [-0.05, 0) is 17.8 Å². The van der Waals surface area contributed by atoms with Crippen LogP contribution in [-0.4, -0.2) is 17.3 Å². The van der Waals surface area contributed by atoms with Crippen LogP contribution in [0, 0.1) is 12.3 Å². The SMILES string of the molecule is C#CCOP(=O)(NC=S)SC(C)CC. The van der Waals surface area contributed by atoms with E-state index in [-0.39, 0.29) is 11.9 Å². The van der Waals surface area contributed by atoms with Crippen molar-refractivity contribution in [2.45, 2.75) is 25.5 Å². The van der Waals surface area contributed by atoms with Gasteiger partial charge in [0.15, 0.2) is 0 Å². The Labute approximate surface area is 94.6 Å². The molecule has 0 rings (SSSR count). The molecule has 0 radical (unpaired) electrons. The Morgan fingerprint density at radius 3 is 2.93 bits per heavy atom. The summed E-state index contributed by atoms with van der Waals surface area (Å²) in [6.07, 6.45) is 5.94. The van der Waals surface area contributed by atoms with E-state index in [1.54, 1.807) is 0 Å². The highest BCUT2D eigenvalue weighted by atomic mass is 32.7. The molecule has 2 unspecified atom stereocenters. The molecular weight excluding hydrogens is 237 g/mol. The summed E-state index contributed by atoms with van der Waals surface area (Å²) < 4.78 is 17.0. The van der Waals surface area contributed by atoms with Gasteiger partial charge in [-0.25, -0.2) is 0 Å². The van der Waals surface area contributed by atoms with E-state index in [0.29, 0.717) is 0 Å². The van der Waals surface area contributed by atoms with Crippen LogP contribution < -0.4 is 5.09 Å². The maximum atomic E-state index is 12.0. The molecule has 0 amide bonds. The fraction of sp³-hybridized carbons (Fsp3) is 0.625. The fourth-order valence-electron chi connectivity index (χ4n) is 0.596. The predicted molar refractivity (Wildman–Crippen MR) is 66.5 cm³/mol. The lowest BCUT2D eigenvalue weighted by Crippen LogP contribution is -2.09. The van der Waals surface area contributed by atoms with Crippen LogP contribution in [0.5, 0.6) is 0 Å². The maximum Gasteiger partial charge on any atom is 0.352 e. The van der Waals surface area contributed by atoms with E-state index in [4.69, 9.17) is 10.9 Å². The number of nitrogens with one attached hydrogen (secondary N) is 1. The third kappa shape index (κ3) is 5.66. The van der Waals surface area contributed by atoms with E-state index in [0.717, 1.165) is 6.42 Å². The van der Waals surface area contributed by atoms with Gasteiger partial charge >= 0.3 is 6.72 Å². The first kappa shape index (κ1) is 14.0. The summed E-state index contributed by atoms with van der Waals surface area (Å²) in [6, 6.07) is 0. The van der Waals surface area contributed by atoms with Crippen molar-refractivity contribution in [2.75, 3.05) is 6.61 Å². The number of hydrogen-bond acceptors (Lipinski definition) is 4. The first-order valence-corrected chi connectivity index (χ1v) is 7.74. The van der Waals surface area contributed by atoms with Crippen molar-refractivity contribution in [1.82, 2.24) is 5.09 Å². The zero-order valence-corrected chi connectivity index (χ0v) is 10.8. The largest absolute Gasteiger partial charge is 0.352 e. The molecule has 0 aromatic heterocycles. The van der Waals surface area contributed by atoms with Crippen molar-refractivity contribution in [1.29, 1.82) is 0 Å². The monoisotopic (exact) mass is 251 g/mol. The summed E-state index contributed by atoms with van der Waals surface area (Å²) in [4.78, 5) is 0. The van der Waals surface area contributed by atoms with Crippen LogP contribution in [-0.2, 0) is 9.09 Å². The van der Waals surface area contributed by atoms with Crippen molar-refractivity contribution in [3.8, 4) is 12.3 Å². The van der Waals surface area contributed by atoms with E-state index in [9.17, 15) is 4.57 Å². The highest BCUT2D eigenvalue weighted by molar-refractivity contribution is 8.56. The van der Waals surface area contributed by atoms with Gasteiger partial charge in [0.25, 0.3) is 0 Å². The molecule has 0 aromatic carbocycles. The topological polar surface area (TPSA) is 38.3 Å². The van der Waals surface area contributed by atoms with Gasteiger partial charge in [-0.2, -0.15) is 0 Å². The van der Waals surface area contributed by atoms with Gasteiger partial charge in [0.2, 0.25) is 0 Å². The van der Waals surface area contributed by atoms with E-state index in [1.807, 2.05) is 13.8 Å².